The molecule has 2 aliphatic heterocycles. The molecule has 0 aromatic carbocycles. The maximum Gasteiger partial charge on any atom is 0.261 e. The molecule has 9 nitrogen and oxygen atoms in total. The Morgan fingerprint density at radius 2 is 1.71 bits per heavy atom. The third-order valence-electron chi connectivity index (χ3n) is 4.76. The summed E-state index contributed by atoms with van der Waals surface area (Å²) in [5, 5.41) is 5.62. The zero-order chi connectivity index (χ0) is 20.7. The summed E-state index contributed by atoms with van der Waals surface area (Å²) < 4.78 is 1.15. The fraction of sp³-hybridized carbons (Fsp3) is 0.611. The van der Waals surface area contributed by atoms with Crippen molar-refractivity contribution in [3.63, 3.8) is 0 Å². The van der Waals surface area contributed by atoms with Crippen molar-refractivity contribution in [2.24, 2.45) is 11.8 Å². The third-order valence-corrected chi connectivity index (χ3v) is 5.81. The van der Waals surface area contributed by atoms with Gasteiger partial charge in [-0.1, -0.05) is 13.8 Å². The molecule has 1 saturated heterocycles. The highest BCUT2D eigenvalue weighted by Crippen LogP contribution is 2.18. The molecule has 0 aromatic rings. The van der Waals surface area contributed by atoms with Crippen molar-refractivity contribution >= 4 is 37.9 Å². The van der Waals surface area contributed by atoms with Gasteiger partial charge in [0.1, 0.15) is 0 Å². The second-order valence-corrected chi connectivity index (χ2v) is 7.88. The van der Waals surface area contributed by atoms with E-state index in [1.807, 2.05) is 29.6 Å². The van der Waals surface area contributed by atoms with Gasteiger partial charge in [0.2, 0.25) is 11.8 Å². The van der Waals surface area contributed by atoms with E-state index in [9.17, 15) is 19.2 Å². The van der Waals surface area contributed by atoms with E-state index in [-0.39, 0.29) is 35.5 Å². The number of carbonyl (C=O) groups is 4. The molecule has 2 atom stereocenters. The molecule has 10 heteroatoms. The number of piperazine rings is 1. The lowest BCUT2D eigenvalue weighted by Gasteiger charge is -2.34. The lowest BCUT2D eigenvalue weighted by atomic mass is 9.95. The maximum absolute atomic E-state index is 12.7. The molecule has 0 aromatic heterocycles. The van der Waals surface area contributed by atoms with Gasteiger partial charge in [-0.25, -0.2) is 4.67 Å². The first kappa shape index (κ1) is 22.2. The second kappa shape index (κ2) is 10.5. The monoisotopic (exact) mass is 409 g/mol. The van der Waals surface area contributed by atoms with E-state index in [4.69, 9.17) is 0 Å². The van der Waals surface area contributed by atoms with Crippen molar-refractivity contribution in [3.05, 3.63) is 12.2 Å². The lowest BCUT2D eigenvalue weighted by molar-refractivity contribution is -0.137. The van der Waals surface area contributed by atoms with Crippen molar-refractivity contribution in [2.45, 2.75) is 20.3 Å². The molecule has 1 fully saturated rings. The van der Waals surface area contributed by atoms with Crippen LogP contribution in [0.2, 0.25) is 0 Å². The van der Waals surface area contributed by atoms with Gasteiger partial charge in [-0.15, -0.1) is 0 Å². The maximum atomic E-state index is 12.7. The molecule has 2 unspecified atom stereocenters. The van der Waals surface area contributed by atoms with E-state index in [1.165, 1.54) is 12.2 Å². The summed E-state index contributed by atoms with van der Waals surface area (Å²) >= 11 is 0. The predicted molar refractivity (Wildman–Crippen MR) is 107 cm³/mol. The van der Waals surface area contributed by atoms with Gasteiger partial charge in [0, 0.05) is 64.4 Å². The molecule has 2 N–H and O–H groups in total. The third kappa shape index (κ3) is 5.95. The number of imide groups is 1. The van der Waals surface area contributed by atoms with Gasteiger partial charge in [-0.05, 0) is 13.5 Å². The molecule has 0 spiro atoms. The zero-order valence-electron chi connectivity index (χ0n) is 16.6. The summed E-state index contributed by atoms with van der Waals surface area (Å²) in [6.45, 7) is 6.55. The normalized spacial score (nSPS) is 20.1. The Balaban J connectivity index is 1.77. The van der Waals surface area contributed by atoms with Crippen LogP contribution in [0.5, 0.6) is 0 Å². The summed E-state index contributed by atoms with van der Waals surface area (Å²) in [5.74, 6) is 0.728. The second-order valence-electron chi connectivity index (χ2n) is 7.02. The molecule has 0 saturated carbocycles. The predicted octanol–water partition coefficient (Wildman–Crippen LogP) is -0.368. The van der Waals surface area contributed by atoms with E-state index in [0.29, 0.717) is 47.6 Å². The zero-order valence-corrected chi connectivity index (χ0v) is 17.4. The molecule has 0 radical (unpaired) electrons. The van der Waals surface area contributed by atoms with Crippen LogP contribution in [0.3, 0.4) is 0 Å². The topological polar surface area (TPSA) is 102 Å². The summed E-state index contributed by atoms with van der Waals surface area (Å²) in [5.41, 5.74) is 0. The van der Waals surface area contributed by atoms with Crippen LogP contribution in [-0.4, -0.2) is 83.9 Å². The average Bonchev–Trinajstić information content (AvgIpc) is 3.01. The minimum Gasteiger partial charge on any atom is -0.343 e. The van der Waals surface area contributed by atoms with Crippen LogP contribution in [-0.2, 0) is 19.2 Å². The number of nitrogens with one attached hydrogen (secondary N) is 2. The van der Waals surface area contributed by atoms with Crippen LogP contribution in [0.15, 0.2) is 12.2 Å². The number of carbonyl (C=O) groups excluding carboxylic acids is 4. The first-order chi connectivity index (χ1) is 13.3. The number of hydrogen-bond donors (Lipinski definition) is 2. The van der Waals surface area contributed by atoms with Crippen LogP contribution in [0.25, 0.3) is 0 Å². The van der Waals surface area contributed by atoms with E-state index in [2.05, 4.69) is 10.6 Å². The molecular formula is C18H28N5O4P. The van der Waals surface area contributed by atoms with Crippen LogP contribution >= 0.6 is 8.35 Å². The molecule has 2 rings (SSSR count). The van der Waals surface area contributed by atoms with Gasteiger partial charge in [-0.3, -0.25) is 24.1 Å². The van der Waals surface area contributed by atoms with Gasteiger partial charge >= 0.3 is 0 Å². The SMILES string of the molecule is CNCNC(=O)C(C)CC(C)C(=O)N1CCN(/C=P/N2C(=O)C=CC2=O)CC1. The standard InChI is InChI=1S/C18H28N5O4P/c1-13(17(26)20-11-19-3)10-14(2)18(27)22-8-6-21(7-9-22)12-28-23-15(24)4-5-16(23)25/h4-5,12-14,19H,6-11H2,1-3H3,(H,20,26). The Morgan fingerprint density at radius 3 is 2.29 bits per heavy atom. The minimum absolute atomic E-state index is 0.0552. The Kier molecular flexibility index (Phi) is 8.29. The fourth-order valence-corrected chi connectivity index (χ4v) is 3.93. The molecule has 2 heterocycles. The summed E-state index contributed by atoms with van der Waals surface area (Å²) in [6, 6.07) is 0. The lowest BCUT2D eigenvalue weighted by Crippen LogP contribution is -2.49. The Hall–Kier alpha value is -2.09. The fourth-order valence-electron chi connectivity index (χ4n) is 3.09. The number of rotatable bonds is 8. The first-order valence-electron chi connectivity index (χ1n) is 9.38. The van der Waals surface area contributed by atoms with E-state index in [0.717, 1.165) is 4.67 Å². The van der Waals surface area contributed by atoms with Crippen molar-refractivity contribution in [3.8, 4) is 0 Å². The van der Waals surface area contributed by atoms with Crippen molar-refractivity contribution in [1.82, 2.24) is 25.1 Å². The van der Waals surface area contributed by atoms with Crippen molar-refractivity contribution in [2.75, 3.05) is 39.9 Å². The molecule has 154 valence electrons. The average molecular weight is 409 g/mol. The van der Waals surface area contributed by atoms with Gasteiger partial charge in [0.25, 0.3) is 11.8 Å². The molecular weight excluding hydrogens is 381 g/mol. The van der Waals surface area contributed by atoms with Crippen LogP contribution in [0.4, 0.5) is 0 Å². The molecule has 0 aliphatic carbocycles. The van der Waals surface area contributed by atoms with Gasteiger partial charge in [-0.2, -0.15) is 0 Å². The Morgan fingerprint density at radius 1 is 1.11 bits per heavy atom. The van der Waals surface area contributed by atoms with E-state index >= 15 is 0 Å². The number of nitrogens with zero attached hydrogens (tertiary/aromatic N) is 3. The smallest absolute Gasteiger partial charge is 0.261 e. The molecule has 4 amide bonds. The van der Waals surface area contributed by atoms with Crippen LogP contribution in [0.1, 0.15) is 20.3 Å². The largest absolute Gasteiger partial charge is 0.343 e. The van der Waals surface area contributed by atoms with Crippen LogP contribution in [0, 0.1) is 11.8 Å². The van der Waals surface area contributed by atoms with Crippen LogP contribution < -0.4 is 10.6 Å². The quantitative estimate of drug-likeness (QED) is 0.322. The highest BCUT2D eigenvalue weighted by atomic mass is 31.1. The highest BCUT2D eigenvalue weighted by molar-refractivity contribution is 7.37. The number of amides is 4. The molecule has 2 aliphatic rings. The highest BCUT2D eigenvalue weighted by Gasteiger charge is 2.27. The van der Waals surface area contributed by atoms with Gasteiger partial charge in [0.15, 0.2) is 0 Å². The van der Waals surface area contributed by atoms with Crippen molar-refractivity contribution < 1.29 is 19.2 Å². The van der Waals surface area contributed by atoms with E-state index in [1.54, 1.807) is 7.05 Å². The summed E-state index contributed by atoms with van der Waals surface area (Å²) in [7, 11) is 2.27. The Labute approximate surface area is 166 Å². The van der Waals surface area contributed by atoms with Gasteiger partial charge in [0.05, 0.1) is 6.67 Å². The summed E-state index contributed by atoms with van der Waals surface area (Å²) in [6.07, 6.45) is 3.04. The van der Waals surface area contributed by atoms with Gasteiger partial charge < -0.3 is 15.5 Å². The van der Waals surface area contributed by atoms with Crippen molar-refractivity contribution in [1.29, 1.82) is 0 Å². The minimum atomic E-state index is -0.307. The molecule has 0 bridgehead atoms. The molecule has 28 heavy (non-hydrogen) atoms. The van der Waals surface area contributed by atoms with E-state index < -0.39 is 0 Å². The summed E-state index contributed by atoms with van der Waals surface area (Å²) in [4.78, 5) is 51.6. The number of hydrogen-bond acceptors (Lipinski definition) is 5. The first-order valence-corrected chi connectivity index (χ1v) is 10.3. The Bertz CT molecular complexity index is 655.